The van der Waals surface area contributed by atoms with Crippen molar-refractivity contribution in [3.05, 3.63) is 133 Å². The summed E-state index contributed by atoms with van der Waals surface area (Å²) >= 11 is 0. The molecule has 0 bridgehead atoms. The Morgan fingerprint density at radius 3 is 1.29 bits per heavy atom. The molecular formula is C40H33FO8. The predicted molar refractivity (Wildman–Crippen MR) is 185 cm³/mol. The number of halogens is 1. The average molecular weight is 661 g/mol. The zero-order chi connectivity index (χ0) is 36.0. The van der Waals surface area contributed by atoms with Crippen LogP contribution in [0.4, 0.5) is 4.39 Å². The Morgan fingerprint density at radius 2 is 0.837 bits per heavy atom. The molecule has 0 unspecified atom stereocenters. The van der Waals surface area contributed by atoms with Crippen LogP contribution in [-0.4, -0.2) is 23.9 Å². The zero-order valence-electron chi connectivity index (χ0n) is 27.5. The normalized spacial score (nSPS) is 10.4. The first kappa shape index (κ1) is 35.5. The molecular weight excluding hydrogens is 627 g/mol. The van der Waals surface area contributed by atoms with E-state index in [0.717, 1.165) is 5.56 Å². The van der Waals surface area contributed by atoms with Crippen LogP contribution in [0, 0.1) is 5.82 Å². The van der Waals surface area contributed by atoms with Gasteiger partial charge in [-0.1, -0.05) is 68.8 Å². The lowest BCUT2D eigenvalue weighted by Crippen LogP contribution is -2.12. The lowest BCUT2D eigenvalue weighted by Gasteiger charge is -2.13. The van der Waals surface area contributed by atoms with Gasteiger partial charge in [0.05, 0.1) is 0 Å². The molecule has 0 saturated carbocycles. The van der Waals surface area contributed by atoms with Crippen molar-refractivity contribution in [3.8, 4) is 56.4 Å². The van der Waals surface area contributed by atoms with Crippen molar-refractivity contribution in [1.29, 1.82) is 0 Å². The van der Waals surface area contributed by atoms with Crippen molar-refractivity contribution < 1.29 is 42.5 Å². The largest absolute Gasteiger partial charge is 0.423 e. The number of hydrogen-bond acceptors (Lipinski definition) is 8. The molecule has 4 rings (SSSR count). The number of hydrogen-bond donors (Lipinski definition) is 0. The molecule has 0 aromatic heterocycles. The average Bonchev–Trinajstić information content (AvgIpc) is 3.05. The monoisotopic (exact) mass is 660 g/mol. The van der Waals surface area contributed by atoms with Gasteiger partial charge in [0, 0.05) is 33.9 Å². The Labute approximate surface area is 283 Å². The van der Waals surface area contributed by atoms with E-state index in [-0.39, 0.29) is 50.9 Å². The maximum Gasteiger partial charge on any atom is 0.338 e. The van der Waals surface area contributed by atoms with Gasteiger partial charge in [0.15, 0.2) is 11.5 Å². The molecule has 0 amide bonds. The third-order valence-corrected chi connectivity index (χ3v) is 6.88. The fourth-order valence-electron chi connectivity index (χ4n) is 4.24. The Morgan fingerprint density at radius 1 is 0.449 bits per heavy atom. The van der Waals surface area contributed by atoms with E-state index in [0.29, 0.717) is 22.3 Å². The molecule has 9 heteroatoms. The summed E-state index contributed by atoms with van der Waals surface area (Å²) in [4.78, 5) is 48.8. The molecule has 0 saturated heterocycles. The van der Waals surface area contributed by atoms with E-state index in [1.165, 1.54) is 58.0 Å². The standard InChI is InChI=1S/C40H33FO8/c1-22(2)37(42)46-31-17-30(18-32(21-31)47-38(43)23(3)4)33-15-13-28(19-34(33)41)26-9-11-27(12-10-26)29-14-16-35(48-39(44)24(5)6)36(20-29)49-40(45)25(7)8/h9-21H,1,3,5,7H2,2,4,6,8H3. The van der Waals surface area contributed by atoms with Gasteiger partial charge in [-0.2, -0.15) is 0 Å². The highest BCUT2D eigenvalue weighted by Crippen LogP contribution is 2.36. The van der Waals surface area contributed by atoms with Crippen LogP contribution in [0.25, 0.3) is 33.4 Å². The van der Waals surface area contributed by atoms with Crippen molar-refractivity contribution in [3.63, 3.8) is 0 Å². The molecule has 0 radical (unpaired) electrons. The Balaban J connectivity index is 1.65. The van der Waals surface area contributed by atoms with Crippen LogP contribution < -0.4 is 18.9 Å². The molecule has 248 valence electrons. The summed E-state index contributed by atoms with van der Waals surface area (Å²) in [5.74, 6) is -3.19. The summed E-state index contributed by atoms with van der Waals surface area (Å²) in [6, 6.07) is 20.9. The second-order valence-electron chi connectivity index (χ2n) is 11.3. The van der Waals surface area contributed by atoms with E-state index in [4.69, 9.17) is 18.9 Å². The molecule has 49 heavy (non-hydrogen) atoms. The van der Waals surface area contributed by atoms with Gasteiger partial charge >= 0.3 is 23.9 Å². The molecule has 0 aliphatic carbocycles. The maximum absolute atomic E-state index is 15.7. The van der Waals surface area contributed by atoms with E-state index in [2.05, 4.69) is 26.3 Å². The number of benzene rings is 4. The van der Waals surface area contributed by atoms with Crippen LogP contribution in [0.3, 0.4) is 0 Å². The van der Waals surface area contributed by atoms with E-state index in [9.17, 15) is 19.2 Å². The second kappa shape index (κ2) is 15.0. The summed E-state index contributed by atoms with van der Waals surface area (Å²) in [7, 11) is 0. The topological polar surface area (TPSA) is 105 Å². The summed E-state index contributed by atoms with van der Waals surface area (Å²) in [5, 5.41) is 0. The minimum Gasteiger partial charge on any atom is -0.423 e. The van der Waals surface area contributed by atoms with Crippen LogP contribution in [0.1, 0.15) is 27.7 Å². The first-order valence-corrected chi connectivity index (χ1v) is 14.8. The number of esters is 4. The zero-order valence-corrected chi connectivity index (χ0v) is 27.5. The molecule has 0 aliphatic heterocycles. The molecule has 8 nitrogen and oxygen atoms in total. The van der Waals surface area contributed by atoms with Crippen LogP contribution in [0.2, 0.25) is 0 Å². The quantitative estimate of drug-likeness (QED) is 0.0894. The number of ether oxygens (including phenoxy) is 4. The van der Waals surface area contributed by atoms with Crippen molar-refractivity contribution in [2.45, 2.75) is 27.7 Å². The lowest BCUT2D eigenvalue weighted by atomic mass is 9.97. The van der Waals surface area contributed by atoms with Crippen LogP contribution in [0.5, 0.6) is 23.0 Å². The molecule has 4 aromatic rings. The first-order chi connectivity index (χ1) is 23.1. The molecule has 0 heterocycles. The molecule has 4 aromatic carbocycles. The molecule has 0 aliphatic rings. The Hall–Kier alpha value is -6.35. The van der Waals surface area contributed by atoms with Gasteiger partial charge in [-0.25, -0.2) is 23.6 Å². The third kappa shape index (κ3) is 8.93. The lowest BCUT2D eigenvalue weighted by molar-refractivity contribution is -0.132. The SMILES string of the molecule is C=C(C)C(=O)Oc1cc(OC(=O)C(=C)C)cc(-c2ccc(-c3ccc(-c4ccc(OC(=O)C(=C)C)c(OC(=O)C(=C)C)c4)cc3)cc2F)c1. The van der Waals surface area contributed by atoms with Crippen LogP contribution in [-0.2, 0) is 19.2 Å². The molecule has 0 atom stereocenters. The second-order valence-corrected chi connectivity index (χ2v) is 11.3. The van der Waals surface area contributed by atoms with E-state index >= 15 is 4.39 Å². The Kier molecular flexibility index (Phi) is 10.9. The van der Waals surface area contributed by atoms with E-state index in [1.807, 2.05) is 12.1 Å². The predicted octanol–water partition coefficient (Wildman–Crippen LogP) is 8.75. The summed E-state index contributed by atoms with van der Waals surface area (Å²) < 4.78 is 37.1. The molecule has 0 fully saturated rings. The van der Waals surface area contributed by atoms with Crippen LogP contribution in [0.15, 0.2) is 127 Å². The number of carbonyl (C=O) groups excluding carboxylic acids is 4. The van der Waals surface area contributed by atoms with Gasteiger partial charge in [-0.3, -0.25) is 0 Å². The molecule has 0 N–H and O–H groups in total. The van der Waals surface area contributed by atoms with Crippen molar-refractivity contribution >= 4 is 23.9 Å². The number of rotatable bonds is 11. The van der Waals surface area contributed by atoms with Gasteiger partial charge in [0.1, 0.15) is 17.3 Å². The van der Waals surface area contributed by atoms with Gasteiger partial charge in [-0.15, -0.1) is 0 Å². The van der Waals surface area contributed by atoms with Crippen LogP contribution >= 0.6 is 0 Å². The fraction of sp³-hybridized carbons (Fsp3) is 0.100. The minimum absolute atomic E-state index is 0.0258. The van der Waals surface area contributed by atoms with Gasteiger partial charge in [-0.05, 0) is 85.8 Å². The highest BCUT2D eigenvalue weighted by atomic mass is 19.1. The number of carbonyl (C=O) groups is 4. The van der Waals surface area contributed by atoms with Gasteiger partial charge in [0.25, 0.3) is 0 Å². The van der Waals surface area contributed by atoms with Crippen molar-refractivity contribution in [2.75, 3.05) is 0 Å². The van der Waals surface area contributed by atoms with E-state index in [1.54, 1.807) is 36.4 Å². The van der Waals surface area contributed by atoms with Gasteiger partial charge < -0.3 is 18.9 Å². The smallest absolute Gasteiger partial charge is 0.338 e. The fourth-order valence-corrected chi connectivity index (χ4v) is 4.24. The highest BCUT2D eigenvalue weighted by molar-refractivity contribution is 5.92. The minimum atomic E-state index is -0.695. The van der Waals surface area contributed by atoms with E-state index < -0.39 is 29.7 Å². The summed E-state index contributed by atoms with van der Waals surface area (Å²) in [6.07, 6.45) is 0. The summed E-state index contributed by atoms with van der Waals surface area (Å²) in [5.41, 5.74) is 3.79. The first-order valence-electron chi connectivity index (χ1n) is 14.8. The van der Waals surface area contributed by atoms with Crippen molar-refractivity contribution in [1.82, 2.24) is 0 Å². The third-order valence-electron chi connectivity index (χ3n) is 6.88. The maximum atomic E-state index is 15.7. The molecule has 0 spiro atoms. The van der Waals surface area contributed by atoms with Gasteiger partial charge in [0.2, 0.25) is 0 Å². The Bertz CT molecular complexity index is 2010. The highest BCUT2D eigenvalue weighted by Gasteiger charge is 2.18. The van der Waals surface area contributed by atoms with Crippen molar-refractivity contribution in [2.24, 2.45) is 0 Å². The summed E-state index contributed by atoms with van der Waals surface area (Å²) in [6.45, 7) is 20.3.